The number of nitrogens with one attached hydrogen (secondary N) is 2. The minimum Gasteiger partial charge on any atom is -0.448 e. The smallest absolute Gasteiger partial charge is 0.294 e. The van der Waals surface area contributed by atoms with Crippen molar-refractivity contribution in [2.75, 3.05) is 18.1 Å². The van der Waals surface area contributed by atoms with Gasteiger partial charge >= 0.3 is 0 Å². The van der Waals surface area contributed by atoms with E-state index in [2.05, 4.69) is 20.0 Å². The van der Waals surface area contributed by atoms with Gasteiger partial charge in [0.05, 0.1) is 6.26 Å². The molecule has 9 nitrogen and oxygen atoms in total. The van der Waals surface area contributed by atoms with E-state index in [4.69, 9.17) is 4.74 Å². The van der Waals surface area contributed by atoms with Gasteiger partial charge in [-0.2, -0.15) is 4.98 Å². The average molecular weight is 467 g/mol. The van der Waals surface area contributed by atoms with Crippen molar-refractivity contribution in [2.24, 2.45) is 7.05 Å². The summed E-state index contributed by atoms with van der Waals surface area (Å²) in [4.78, 5) is 21.3. The molecule has 1 atom stereocenters. The predicted octanol–water partition coefficient (Wildman–Crippen LogP) is 2.53. The van der Waals surface area contributed by atoms with Gasteiger partial charge in [-0.05, 0) is 31.0 Å². The number of anilines is 1. The first-order valence-corrected chi connectivity index (χ1v) is 11.7. The number of sulfonamides is 1. The Hall–Kier alpha value is -3.12. The quantitative estimate of drug-likeness (QED) is 0.497. The molecule has 0 bridgehead atoms. The molecule has 0 aliphatic carbocycles. The molecule has 0 aliphatic heterocycles. The topological polar surface area (TPSA) is 115 Å². The molecule has 2 heterocycles. The van der Waals surface area contributed by atoms with Crippen molar-refractivity contribution in [1.82, 2.24) is 19.3 Å². The molecular weight excluding hydrogens is 444 g/mol. The lowest BCUT2D eigenvalue weighted by Crippen LogP contribution is -2.29. The lowest BCUT2D eigenvalue weighted by molar-refractivity contribution is 0.430. The zero-order valence-corrected chi connectivity index (χ0v) is 18.5. The Bertz CT molecular complexity index is 1300. The first-order valence-electron chi connectivity index (χ1n) is 9.78. The summed E-state index contributed by atoms with van der Waals surface area (Å²) in [5, 5.41) is 3.61. The van der Waals surface area contributed by atoms with Crippen molar-refractivity contribution in [3.8, 4) is 11.5 Å². The van der Waals surface area contributed by atoms with E-state index in [0.717, 1.165) is 18.4 Å². The Morgan fingerprint density at radius 1 is 1.22 bits per heavy atom. The molecule has 0 saturated carbocycles. The summed E-state index contributed by atoms with van der Waals surface area (Å²) in [6.45, 7) is 2.20. The highest BCUT2D eigenvalue weighted by Crippen LogP contribution is 2.25. The normalized spacial score (nSPS) is 12.7. The van der Waals surface area contributed by atoms with Gasteiger partial charge in [-0.15, -0.1) is 0 Å². The third kappa shape index (κ3) is 5.77. The standard InChI is InChI=1S/C20H23F2N5O4S/c1-4-14(7-8-24-32(3,29)30)25-20-23-11-12-9-17(19(28)27(2)18(12)26-20)31-16-6-5-13(21)10-15(16)22/h5-6,9-11,14,24H,4,7-8H2,1-3H3,(H,23,25,26). The van der Waals surface area contributed by atoms with Crippen molar-refractivity contribution < 1.29 is 21.9 Å². The molecule has 3 aromatic rings. The second kappa shape index (κ2) is 9.57. The Morgan fingerprint density at radius 3 is 2.62 bits per heavy atom. The first-order chi connectivity index (χ1) is 15.1. The highest BCUT2D eigenvalue weighted by Gasteiger charge is 2.15. The Kier molecular flexibility index (Phi) is 7.04. The highest BCUT2D eigenvalue weighted by molar-refractivity contribution is 7.88. The third-order valence-corrected chi connectivity index (χ3v) is 5.44. The minimum absolute atomic E-state index is 0.0946. The second-order valence-corrected chi connectivity index (χ2v) is 9.06. The van der Waals surface area contributed by atoms with Crippen molar-refractivity contribution in [1.29, 1.82) is 0 Å². The predicted molar refractivity (Wildman–Crippen MR) is 116 cm³/mol. The molecule has 0 radical (unpaired) electrons. The number of halogens is 2. The number of aryl methyl sites for hydroxylation is 1. The van der Waals surface area contributed by atoms with Crippen molar-refractivity contribution in [2.45, 2.75) is 25.8 Å². The molecule has 3 rings (SSSR count). The van der Waals surface area contributed by atoms with E-state index in [1.807, 2.05) is 6.92 Å². The Balaban J connectivity index is 1.83. The van der Waals surface area contributed by atoms with Crippen LogP contribution in [0.4, 0.5) is 14.7 Å². The van der Waals surface area contributed by atoms with Crippen LogP contribution >= 0.6 is 0 Å². The second-order valence-electron chi connectivity index (χ2n) is 7.23. The fraction of sp³-hybridized carbons (Fsp3) is 0.350. The molecule has 12 heteroatoms. The summed E-state index contributed by atoms with van der Waals surface area (Å²) in [6, 6.07) is 4.08. The summed E-state index contributed by atoms with van der Waals surface area (Å²) in [5.74, 6) is -1.85. The molecule has 0 spiro atoms. The lowest BCUT2D eigenvalue weighted by atomic mass is 10.1. The van der Waals surface area contributed by atoms with Crippen LogP contribution in [-0.2, 0) is 17.1 Å². The number of pyridine rings is 1. The van der Waals surface area contributed by atoms with Gasteiger partial charge in [-0.3, -0.25) is 9.36 Å². The maximum Gasteiger partial charge on any atom is 0.294 e. The van der Waals surface area contributed by atoms with E-state index >= 15 is 0 Å². The monoisotopic (exact) mass is 467 g/mol. The van der Waals surface area contributed by atoms with Gasteiger partial charge in [-0.1, -0.05) is 6.92 Å². The summed E-state index contributed by atoms with van der Waals surface area (Å²) >= 11 is 0. The fourth-order valence-corrected chi connectivity index (χ4v) is 3.50. The van der Waals surface area contributed by atoms with Crippen LogP contribution in [0.5, 0.6) is 11.5 Å². The summed E-state index contributed by atoms with van der Waals surface area (Å²) < 4.78 is 58.5. The van der Waals surface area contributed by atoms with Crippen molar-refractivity contribution >= 4 is 27.0 Å². The molecule has 0 amide bonds. The van der Waals surface area contributed by atoms with E-state index in [9.17, 15) is 22.0 Å². The molecular formula is C20H23F2N5O4S. The molecule has 0 fully saturated rings. The highest BCUT2D eigenvalue weighted by atomic mass is 32.2. The lowest BCUT2D eigenvalue weighted by Gasteiger charge is -2.17. The summed E-state index contributed by atoms with van der Waals surface area (Å²) in [5.41, 5.74) is -0.237. The van der Waals surface area contributed by atoms with Crippen molar-refractivity contribution in [3.05, 3.63) is 52.5 Å². The molecule has 0 saturated heterocycles. The van der Waals surface area contributed by atoms with Crippen LogP contribution < -0.4 is 20.3 Å². The molecule has 0 aliphatic rings. The van der Waals surface area contributed by atoms with E-state index in [-0.39, 0.29) is 30.0 Å². The first kappa shape index (κ1) is 23.5. The van der Waals surface area contributed by atoms with Gasteiger partial charge in [0.25, 0.3) is 5.56 Å². The Labute approximate surface area is 183 Å². The molecule has 1 unspecified atom stereocenters. The van der Waals surface area contributed by atoms with Crippen LogP contribution in [0, 0.1) is 11.6 Å². The zero-order chi connectivity index (χ0) is 23.5. The molecule has 2 aromatic heterocycles. The number of ether oxygens (including phenoxy) is 1. The Morgan fingerprint density at radius 2 is 1.97 bits per heavy atom. The van der Waals surface area contributed by atoms with Crippen LogP contribution in [-0.4, -0.2) is 41.8 Å². The van der Waals surface area contributed by atoms with Crippen molar-refractivity contribution in [3.63, 3.8) is 0 Å². The fourth-order valence-electron chi connectivity index (χ4n) is 3.02. The summed E-state index contributed by atoms with van der Waals surface area (Å²) in [7, 11) is -1.78. The van der Waals surface area contributed by atoms with Crippen LogP contribution in [0.3, 0.4) is 0 Å². The number of hydrogen-bond acceptors (Lipinski definition) is 7. The molecule has 32 heavy (non-hydrogen) atoms. The largest absolute Gasteiger partial charge is 0.448 e. The van der Waals surface area contributed by atoms with Gasteiger partial charge in [0.2, 0.25) is 16.0 Å². The maximum atomic E-state index is 13.9. The third-order valence-electron chi connectivity index (χ3n) is 4.71. The van der Waals surface area contributed by atoms with Crippen LogP contribution in [0.25, 0.3) is 11.0 Å². The number of nitrogens with zero attached hydrogens (tertiary/aromatic N) is 3. The van der Waals surface area contributed by atoms with E-state index < -0.39 is 27.2 Å². The number of fused-ring (bicyclic) bond motifs is 1. The van der Waals surface area contributed by atoms with E-state index in [1.54, 1.807) is 0 Å². The zero-order valence-electron chi connectivity index (χ0n) is 17.7. The summed E-state index contributed by atoms with van der Waals surface area (Å²) in [6.07, 6.45) is 3.79. The minimum atomic E-state index is -3.27. The maximum absolute atomic E-state index is 13.9. The van der Waals surface area contributed by atoms with Gasteiger partial charge < -0.3 is 10.1 Å². The van der Waals surface area contributed by atoms with Crippen LogP contribution in [0.2, 0.25) is 0 Å². The number of benzene rings is 1. The molecule has 2 N–H and O–H groups in total. The average Bonchev–Trinajstić information content (AvgIpc) is 2.72. The molecule has 172 valence electrons. The van der Waals surface area contributed by atoms with Gasteiger partial charge in [0, 0.05) is 37.3 Å². The van der Waals surface area contributed by atoms with Gasteiger partial charge in [-0.25, -0.2) is 26.9 Å². The number of hydrogen-bond donors (Lipinski definition) is 2. The van der Waals surface area contributed by atoms with Crippen LogP contribution in [0.15, 0.2) is 35.3 Å². The van der Waals surface area contributed by atoms with Gasteiger partial charge in [0.1, 0.15) is 11.5 Å². The van der Waals surface area contributed by atoms with E-state index in [1.165, 1.54) is 23.9 Å². The molecule has 1 aromatic carbocycles. The SMILES string of the molecule is CCC(CCNS(C)(=O)=O)Nc1ncc2cc(Oc3ccc(F)cc3F)c(=O)n(C)c2n1. The number of aromatic nitrogens is 3. The van der Waals surface area contributed by atoms with E-state index in [0.29, 0.717) is 29.9 Å². The van der Waals surface area contributed by atoms with Gasteiger partial charge in [0.15, 0.2) is 17.3 Å². The van der Waals surface area contributed by atoms with Crippen LogP contribution in [0.1, 0.15) is 19.8 Å². The number of rotatable bonds is 9.